The van der Waals surface area contributed by atoms with E-state index in [1.165, 1.54) is 0 Å². The van der Waals surface area contributed by atoms with Gasteiger partial charge in [-0.05, 0) is 41.8 Å². The molecule has 2 N–H and O–H groups in total. The first-order valence-electron chi connectivity index (χ1n) is 5.87. The lowest BCUT2D eigenvalue weighted by atomic mass is 10.2. The molecule has 1 aliphatic rings. The number of carboxylic acids is 1. The van der Waals surface area contributed by atoms with Gasteiger partial charge in [0, 0.05) is 22.8 Å². The van der Waals surface area contributed by atoms with Crippen molar-refractivity contribution < 1.29 is 14.7 Å². The molecule has 1 aliphatic carbocycles. The van der Waals surface area contributed by atoms with Crippen LogP contribution in [-0.2, 0) is 4.79 Å². The minimum absolute atomic E-state index is 0.0724. The van der Waals surface area contributed by atoms with E-state index in [0.717, 1.165) is 17.3 Å². The third-order valence-electron chi connectivity index (χ3n) is 2.85. The van der Waals surface area contributed by atoms with Gasteiger partial charge in [0.2, 0.25) is 0 Å². The molecule has 5 nitrogen and oxygen atoms in total. The molecule has 0 saturated heterocycles. The lowest BCUT2D eigenvalue weighted by Gasteiger charge is -2.13. The molecule has 2 rings (SSSR count). The maximum atomic E-state index is 12.1. The van der Waals surface area contributed by atoms with Gasteiger partial charge in [-0.1, -0.05) is 0 Å². The van der Waals surface area contributed by atoms with E-state index in [1.54, 1.807) is 13.0 Å². The zero-order chi connectivity index (χ0) is 13.3. The summed E-state index contributed by atoms with van der Waals surface area (Å²) in [4.78, 5) is 22.6. The Morgan fingerprint density at radius 1 is 1.61 bits per heavy atom. The Kier molecular flexibility index (Phi) is 3.75. The number of halogens is 1. The first kappa shape index (κ1) is 13.1. The van der Waals surface area contributed by atoms with E-state index in [4.69, 9.17) is 5.11 Å². The van der Waals surface area contributed by atoms with Crippen LogP contribution >= 0.6 is 15.9 Å². The first-order chi connectivity index (χ1) is 8.47. The molecule has 0 spiro atoms. The summed E-state index contributed by atoms with van der Waals surface area (Å²) in [6, 6.07) is 1.80. The lowest BCUT2D eigenvalue weighted by Crippen LogP contribution is -2.35. The molecule has 0 radical (unpaired) electrons. The highest BCUT2D eigenvalue weighted by atomic mass is 79.9. The summed E-state index contributed by atoms with van der Waals surface area (Å²) in [5.41, 5.74) is 0.585. The van der Waals surface area contributed by atoms with Crippen LogP contribution in [0.4, 0.5) is 0 Å². The molecular weight excluding hydrogens is 300 g/mol. The minimum Gasteiger partial charge on any atom is -0.481 e. The summed E-state index contributed by atoms with van der Waals surface area (Å²) in [6.07, 6.45) is 4.00. The second-order valence-electron chi connectivity index (χ2n) is 4.65. The average molecular weight is 315 g/mol. The molecule has 18 heavy (non-hydrogen) atoms. The van der Waals surface area contributed by atoms with Crippen molar-refractivity contribution in [2.45, 2.75) is 38.3 Å². The van der Waals surface area contributed by atoms with Crippen molar-refractivity contribution in [2.75, 3.05) is 0 Å². The predicted octanol–water partition coefficient (Wildman–Crippen LogP) is 2.18. The molecule has 1 atom stereocenters. The van der Waals surface area contributed by atoms with E-state index >= 15 is 0 Å². The SMILES string of the molecule is CC(CC(=O)O)NC(=O)c1cc(Br)cn1C1CC1. The number of aliphatic carboxylic acids is 1. The van der Waals surface area contributed by atoms with Gasteiger partial charge >= 0.3 is 5.97 Å². The highest BCUT2D eigenvalue weighted by Crippen LogP contribution is 2.37. The van der Waals surface area contributed by atoms with Crippen LogP contribution in [0.5, 0.6) is 0 Å². The Bertz CT molecular complexity index is 480. The molecule has 1 amide bonds. The fourth-order valence-corrected chi connectivity index (χ4v) is 2.33. The number of nitrogens with one attached hydrogen (secondary N) is 1. The second-order valence-corrected chi connectivity index (χ2v) is 5.57. The summed E-state index contributed by atoms with van der Waals surface area (Å²) < 4.78 is 2.82. The standard InChI is InChI=1S/C12H15BrN2O3/c1-7(4-11(16)17)14-12(18)10-5-8(13)6-15(10)9-2-3-9/h5-7,9H,2-4H2,1H3,(H,14,18)(H,16,17). The molecule has 1 heterocycles. The van der Waals surface area contributed by atoms with Crippen molar-refractivity contribution in [3.63, 3.8) is 0 Å². The Balaban J connectivity index is 2.06. The van der Waals surface area contributed by atoms with Gasteiger partial charge in [-0.25, -0.2) is 0 Å². The van der Waals surface area contributed by atoms with Crippen LogP contribution in [0, 0.1) is 0 Å². The number of nitrogens with zero attached hydrogens (tertiary/aromatic N) is 1. The van der Waals surface area contributed by atoms with E-state index < -0.39 is 5.97 Å². The van der Waals surface area contributed by atoms with Gasteiger partial charge in [0.1, 0.15) is 5.69 Å². The van der Waals surface area contributed by atoms with Crippen LogP contribution in [0.25, 0.3) is 0 Å². The quantitative estimate of drug-likeness (QED) is 0.875. The van der Waals surface area contributed by atoms with E-state index in [9.17, 15) is 9.59 Å². The smallest absolute Gasteiger partial charge is 0.305 e. The van der Waals surface area contributed by atoms with Crippen molar-refractivity contribution in [3.05, 3.63) is 22.4 Å². The fourth-order valence-electron chi connectivity index (χ4n) is 1.89. The molecule has 98 valence electrons. The summed E-state index contributed by atoms with van der Waals surface area (Å²) in [5, 5.41) is 11.4. The van der Waals surface area contributed by atoms with Crippen LogP contribution in [0.15, 0.2) is 16.7 Å². The van der Waals surface area contributed by atoms with Gasteiger partial charge in [-0.15, -0.1) is 0 Å². The number of rotatable bonds is 5. The molecule has 1 aromatic heterocycles. The molecule has 0 bridgehead atoms. The van der Waals surface area contributed by atoms with Crippen molar-refractivity contribution in [1.29, 1.82) is 0 Å². The summed E-state index contributed by atoms with van der Waals surface area (Å²) >= 11 is 3.36. The zero-order valence-electron chi connectivity index (χ0n) is 10.0. The van der Waals surface area contributed by atoms with Crippen LogP contribution in [0.3, 0.4) is 0 Å². The maximum Gasteiger partial charge on any atom is 0.305 e. The minimum atomic E-state index is -0.915. The van der Waals surface area contributed by atoms with E-state index in [2.05, 4.69) is 21.2 Å². The van der Waals surface area contributed by atoms with Crippen LogP contribution < -0.4 is 5.32 Å². The van der Waals surface area contributed by atoms with Crippen molar-refractivity contribution in [1.82, 2.24) is 9.88 Å². The number of carboxylic acid groups (broad SMARTS) is 1. The highest BCUT2D eigenvalue weighted by Gasteiger charge is 2.28. The van der Waals surface area contributed by atoms with Gasteiger partial charge in [0.05, 0.1) is 6.42 Å². The summed E-state index contributed by atoms with van der Waals surface area (Å²) in [6.45, 7) is 1.69. The molecular formula is C12H15BrN2O3. The number of carbonyl (C=O) groups excluding carboxylic acids is 1. The Morgan fingerprint density at radius 3 is 2.83 bits per heavy atom. The van der Waals surface area contributed by atoms with E-state index in [-0.39, 0.29) is 18.4 Å². The summed E-state index contributed by atoms with van der Waals surface area (Å²) in [7, 11) is 0. The van der Waals surface area contributed by atoms with E-state index in [0.29, 0.717) is 11.7 Å². The second kappa shape index (κ2) is 5.14. The van der Waals surface area contributed by atoms with Crippen LogP contribution in [0.2, 0.25) is 0 Å². The predicted molar refractivity (Wildman–Crippen MR) is 69.6 cm³/mol. The monoisotopic (exact) mass is 314 g/mol. The van der Waals surface area contributed by atoms with E-state index in [1.807, 2.05) is 10.8 Å². The zero-order valence-corrected chi connectivity index (χ0v) is 11.6. The first-order valence-corrected chi connectivity index (χ1v) is 6.66. The van der Waals surface area contributed by atoms with Crippen molar-refractivity contribution in [3.8, 4) is 0 Å². The highest BCUT2D eigenvalue weighted by molar-refractivity contribution is 9.10. The average Bonchev–Trinajstić information content (AvgIpc) is 3.00. The molecule has 6 heteroatoms. The normalized spacial score (nSPS) is 16.3. The number of carbonyl (C=O) groups is 2. The van der Waals surface area contributed by atoms with Gasteiger partial charge < -0.3 is 15.0 Å². The number of hydrogen-bond donors (Lipinski definition) is 2. The molecule has 1 aromatic rings. The molecule has 1 unspecified atom stereocenters. The lowest BCUT2D eigenvalue weighted by molar-refractivity contribution is -0.137. The van der Waals surface area contributed by atoms with Gasteiger partial charge in [0.15, 0.2) is 0 Å². The van der Waals surface area contributed by atoms with Crippen molar-refractivity contribution in [2.24, 2.45) is 0 Å². The van der Waals surface area contributed by atoms with Gasteiger partial charge in [0.25, 0.3) is 5.91 Å². The van der Waals surface area contributed by atoms with Gasteiger partial charge in [-0.2, -0.15) is 0 Å². The Morgan fingerprint density at radius 2 is 2.28 bits per heavy atom. The Labute approximate surface area is 113 Å². The largest absolute Gasteiger partial charge is 0.481 e. The Hall–Kier alpha value is -1.30. The van der Waals surface area contributed by atoms with Crippen LogP contribution in [-0.4, -0.2) is 27.6 Å². The molecule has 0 aliphatic heterocycles. The van der Waals surface area contributed by atoms with Crippen LogP contribution in [0.1, 0.15) is 42.7 Å². The third kappa shape index (κ3) is 3.13. The van der Waals surface area contributed by atoms with Gasteiger partial charge in [-0.3, -0.25) is 9.59 Å². The summed E-state index contributed by atoms with van der Waals surface area (Å²) in [5.74, 6) is -1.14. The molecule has 1 fully saturated rings. The topological polar surface area (TPSA) is 71.3 Å². The molecule has 0 aromatic carbocycles. The van der Waals surface area contributed by atoms with Crippen molar-refractivity contribution >= 4 is 27.8 Å². The number of amides is 1. The maximum absolute atomic E-state index is 12.1. The fraction of sp³-hybridized carbons (Fsp3) is 0.500. The number of aromatic nitrogens is 1. The number of hydrogen-bond acceptors (Lipinski definition) is 2. The molecule has 1 saturated carbocycles. The third-order valence-corrected chi connectivity index (χ3v) is 3.28.